The van der Waals surface area contributed by atoms with Crippen LogP contribution in [0.4, 0.5) is 0 Å². The maximum atomic E-state index is 6.55. The number of hydrogen-bond donors (Lipinski definition) is 1. The van der Waals surface area contributed by atoms with Crippen molar-refractivity contribution in [3.05, 3.63) is 21.9 Å². The Bertz CT molecular complexity index is 459. The van der Waals surface area contributed by atoms with Gasteiger partial charge in [0.05, 0.1) is 18.8 Å². The van der Waals surface area contributed by atoms with E-state index in [0.717, 1.165) is 19.6 Å². The van der Waals surface area contributed by atoms with Crippen LogP contribution in [-0.4, -0.2) is 36.2 Å². The van der Waals surface area contributed by atoms with Crippen LogP contribution in [0.3, 0.4) is 0 Å². The Morgan fingerprint density at radius 3 is 2.95 bits per heavy atom. The minimum absolute atomic E-state index is 0.211. The lowest BCUT2D eigenvalue weighted by atomic mass is 9.87. The predicted octanol–water partition coefficient (Wildman–Crippen LogP) is 3.48. The second-order valence-corrected chi connectivity index (χ2v) is 7.43. The molecule has 1 aliphatic carbocycles. The molecule has 0 spiro atoms. The van der Waals surface area contributed by atoms with Gasteiger partial charge in [-0.1, -0.05) is 19.8 Å². The predicted molar refractivity (Wildman–Crippen MR) is 88.8 cm³/mol. The van der Waals surface area contributed by atoms with Crippen LogP contribution in [0.5, 0.6) is 0 Å². The van der Waals surface area contributed by atoms with Crippen molar-refractivity contribution in [1.29, 1.82) is 0 Å². The first kappa shape index (κ1) is 15.5. The zero-order valence-electron chi connectivity index (χ0n) is 13.3. The molecule has 0 radical (unpaired) electrons. The number of morpholine rings is 1. The van der Waals surface area contributed by atoms with Crippen molar-refractivity contribution in [2.24, 2.45) is 5.73 Å². The SMILES string of the molecule is CCC(N)C(c1sccc1C)N1CCOC2CCCCC21. The molecule has 1 saturated carbocycles. The molecule has 0 aromatic carbocycles. The summed E-state index contributed by atoms with van der Waals surface area (Å²) >= 11 is 1.87. The second kappa shape index (κ2) is 6.78. The Morgan fingerprint density at radius 2 is 2.24 bits per heavy atom. The van der Waals surface area contributed by atoms with E-state index in [2.05, 4.69) is 30.2 Å². The summed E-state index contributed by atoms with van der Waals surface area (Å²) in [6, 6.07) is 3.37. The van der Waals surface area contributed by atoms with Gasteiger partial charge in [-0.2, -0.15) is 0 Å². The molecule has 118 valence electrons. The Morgan fingerprint density at radius 1 is 1.43 bits per heavy atom. The van der Waals surface area contributed by atoms with Crippen LogP contribution in [0.15, 0.2) is 11.4 Å². The molecule has 4 atom stereocenters. The number of hydrogen-bond acceptors (Lipinski definition) is 4. The summed E-state index contributed by atoms with van der Waals surface area (Å²) in [4.78, 5) is 4.15. The van der Waals surface area contributed by atoms with Crippen LogP contribution in [0.1, 0.15) is 55.5 Å². The molecule has 2 heterocycles. The third-order valence-electron chi connectivity index (χ3n) is 5.18. The summed E-state index contributed by atoms with van der Waals surface area (Å²) < 4.78 is 6.04. The van der Waals surface area contributed by atoms with Gasteiger partial charge >= 0.3 is 0 Å². The van der Waals surface area contributed by atoms with E-state index in [-0.39, 0.29) is 6.04 Å². The summed E-state index contributed by atoms with van der Waals surface area (Å²) in [6.45, 7) is 6.31. The van der Waals surface area contributed by atoms with E-state index in [9.17, 15) is 0 Å². The van der Waals surface area contributed by atoms with Gasteiger partial charge in [0.25, 0.3) is 0 Å². The fraction of sp³-hybridized carbons (Fsp3) is 0.765. The first-order chi connectivity index (χ1) is 10.2. The fourth-order valence-electron chi connectivity index (χ4n) is 3.97. The lowest BCUT2D eigenvalue weighted by Gasteiger charge is -2.48. The van der Waals surface area contributed by atoms with E-state index in [4.69, 9.17) is 10.5 Å². The van der Waals surface area contributed by atoms with Crippen molar-refractivity contribution in [2.75, 3.05) is 13.2 Å². The molecule has 3 rings (SSSR count). The average Bonchev–Trinajstić information content (AvgIpc) is 2.93. The average molecular weight is 308 g/mol. The third-order valence-corrected chi connectivity index (χ3v) is 6.27. The molecule has 21 heavy (non-hydrogen) atoms. The van der Waals surface area contributed by atoms with Crippen LogP contribution < -0.4 is 5.73 Å². The van der Waals surface area contributed by atoms with Gasteiger partial charge in [-0.3, -0.25) is 4.90 Å². The van der Waals surface area contributed by atoms with Gasteiger partial charge in [-0.25, -0.2) is 0 Å². The molecular weight excluding hydrogens is 280 g/mol. The molecule has 1 saturated heterocycles. The summed E-state index contributed by atoms with van der Waals surface area (Å²) in [7, 11) is 0. The van der Waals surface area contributed by atoms with Gasteiger partial charge in [-0.05, 0) is 43.2 Å². The van der Waals surface area contributed by atoms with Crippen molar-refractivity contribution >= 4 is 11.3 Å². The minimum Gasteiger partial charge on any atom is -0.375 e. The van der Waals surface area contributed by atoms with Crippen molar-refractivity contribution in [3.63, 3.8) is 0 Å². The Balaban J connectivity index is 1.90. The number of aryl methyl sites for hydroxylation is 1. The largest absolute Gasteiger partial charge is 0.375 e. The van der Waals surface area contributed by atoms with E-state index < -0.39 is 0 Å². The lowest BCUT2D eigenvalue weighted by Crippen LogP contribution is -2.56. The van der Waals surface area contributed by atoms with Crippen molar-refractivity contribution in [2.45, 2.75) is 70.2 Å². The summed E-state index contributed by atoms with van der Waals surface area (Å²) in [5.74, 6) is 0. The van der Waals surface area contributed by atoms with Gasteiger partial charge in [0, 0.05) is 23.5 Å². The van der Waals surface area contributed by atoms with Gasteiger partial charge in [-0.15, -0.1) is 11.3 Å². The molecular formula is C17H28N2OS. The normalized spacial score (nSPS) is 29.9. The Labute approximate surface area is 132 Å². The van der Waals surface area contributed by atoms with Crippen LogP contribution in [0.2, 0.25) is 0 Å². The van der Waals surface area contributed by atoms with E-state index in [1.54, 1.807) is 0 Å². The molecule has 2 fully saturated rings. The highest BCUT2D eigenvalue weighted by atomic mass is 32.1. The van der Waals surface area contributed by atoms with E-state index in [0.29, 0.717) is 18.2 Å². The molecule has 1 aromatic rings. The van der Waals surface area contributed by atoms with Crippen LogP contribution in [-0.2, 0) is 4.74 Å². The maximum Gasteiger partial charge on any atom is 0.0731 e. The molecule has 1 aliphatic heterocycles. The van der Waals surface area contributed by atoms with Crippen LogP contribution in [0, 0.1) is 6.92 Å². The van der Waals surface area contributed by atoms with E-state index in [1.165, 1.54) is 36.1 Å². The van der Waals surface area contributed by atoms with E-state index >= 15 is 0 Å². The molecule has 4 unspecified atom stereocenters. The first-order valence-corrected chi connectivity index (χ1v) is 9.27. The fourth-order valence-corrected chi connectivity index (χ4v) is 5.10. The van der Waals surface area contributed by atoms with Gasteiger partial charge in [0.2, 0.25) is 0 Å². The smallest absolute Gasteiger partial charge is 0.0731 e. The monoisotopic (exact) mass is 308 g/mol. The summed E-state index contributed by atoms with van der Waals surface area (Å²) in [5, 5.41) is 2.21. The number of fused-ring (bicyclic) bond motifs is 1. The highest BCUT2D eigenvalue weighted by molar-refractivity contribution is 7.10. The molecule has 2 N–H and O–H groups in total. The third kappa shape index (κ3) is 3.04. The van der Waals surface area contributed by atoms with Crippen molar-refractivity contribution in [1.82, 2.24) is 4.90 Å². The van der Waals surface area contributed by atoms with Crippen LogP contribution >= 0.6 is 11.3 Å². The number of rotatable bonds is 4. The number of thiophene rings is 1. The van der Waals surface area contributed by atoms with Crippen molar-refractivity contribution in [3.8, 4) is 0 Å². The van der Waals surface area contributed by atoms with Crippen LogP contribution in [0.25, 0.3) is 0 Å². The lowest BCUT2D eigenvalue weighted by molar-refractivity contribution is -0.106. The Kier molecular flexibility index (Phi) is 4.99. The van der Waals surface area contributed by atoms with Crippen molar-refractivity contribution < 1.29 is 4.74 Å². The molecule has 0 amide bonds. The topological polar surface area (TPSA) is 38.5 Å². The summed E-state index contributed by atoms with van der Waals surface area (Å²) in [6.07, 6.45) is 6.59. The highest BCUT2D eigenvalue weighted by Gasteiger charge is 2.40. The Hall–Kier alpha value is -0.420. The number of nitrogens with zero attached hydrogens (tertiary/aromatic N) is 1. The second-order valence-electron chi connectivity index (χ2n) is 6.48. The highest BCUT2D eigenvalue weighted by Crippen LogP contribution is 2.38. The number of ether oxygens (including phenoxy) is 1. The quantitative estimate of drug-likeness (QED) is 0.925. The zero-order valence-corrected chi connectivity index (χ0v) is 14.1. The standard InChI is InChI=1S/C17H28N2OS/c1-3-13(18)16(17-12(2)8-11-21-17)19-9-10-20-15-7-5-4-6-14(15)19/h8,11,13-16H,3-7,9-10,18H2,1-2H3. The molecule has 2 aliphatic rings. The molecule has 3 nitrogen and oxygen atoms in total. The molecule has 0 bridgehead atoms. The summed E-state index contributed by atoms with van der Waals surface area (Å²) in [5.41, 5.74) is 7.95. The minimum atomic E-state index is 0.211. The van der Waals surface area contributed by atoms with Gasteiger partial charge in [0.15, 0.2) is 0 Å². The molecule has 1 aromatic heterocycles. The maximum absolute atomic E-state index is 6.55. The van der Waals surface area contributed by atoms with Gasteiger partial charge < -0.3 is 10.5 Å². The van der Waals surface area contributed by atoms with Gasteiger partial charge in [0.1, 0.15) is 0 Å². The molecule has 4 heteroatoms. The zero-order chi connectivity index (χ0) is 14.8. The first-order valence-electron chi connectivity index (χ1n) is 8.39. The number of nitrogens with two attached hydrogens (primary N) is 1. The van der Waals surface area contributed by atoms with E-state index in [1.807, 2.05) is 11.3 Å².